The molecule has 2 aliphatic rings. The van der Waals surface area contributed by atoms with E-state index < -0.39 is 5.60 Å². The van der Waals surface area contributed by atoms with E-state index in [1.165, 1.54) is 0 Å². The third-order valence-electron chi connectivity index (χ3n) is 6.17. The van der Waals surface area contributed by atoms with Gasteiger partial charge in [0, 0.05) is 67.3 Å². The van der Waals surface area contributed by atoms with Gasteiger partial charge in [-0.3, -0.25) is 4.79 Å². The molecule has 8 nitrogen and oxygen atoms in total. The maximum Gasteiger partial charge on any atom is 0.410 e. The van der Waals surface area contributed by atoms with Gasteiger partial charge in [0.05, 0.1) is 11.1 Å². The largest absolute Gasteiger partial charge is 0.474 e. The molecule has 0 unspecified atom stereocenters. The maximum absolute atomic E-state index is 12.3. The predicted octanol–water partition coefficient (Wildman–Crippen LogP) is 4.29. The number of carbonyl (C=O) groups is 2. The highest BCUT2D eigenvalue weighted by molar-refractivity contribution is 6.00. The molecule has 0 aliphatic carbocycles. The van der Waals surface area contributed by atoms with E-state index in [4.69, 9.17) is 14.5 Å². The van der Waals surface area contributed by atoms with Crippen LogP contribution in [-0.4, -0.2) is 58.2 Å². The van der Waals surface area contributed by atoms with E-state index in [1.54, 1.807) is 4.90 Å². The molecule has 178 valence electrons. The normalized spacial score (nSPS) is 16.8. The van der Waals surface area contributed by atoms with Crippen LogP contribution in [0.4, 0.5) is 4.79 Å². The van der Waals surface area contributed by atoms with Crippen LogP contribution in [0.25, 0.3) is 22.2 Å². The van der Waals surface area contributed by atoms with Crippen LogP contribution in [0, 0.1) is 0 Å². The van der Waals surface area contributed by atoms with Crippen molar-refractivity contribution in [3.8, 4) is 17.1 Å². The molecule has 5 rings (SSSR count). The number of amides is 2. The fourth-order valence-electron chi connectivity index (χ4n) is 4.50. The van der Waals surface area contributed by atoms with Gasteiger partial charge in [0.15, 0.2) is 0 Å². The average molecular weight is 463 g/mol. The van der Waals surface area contributed by atoms with E-state index in [0.717, 1.165) is 47.1 Å². The first kappa shape index (κ1) is 22.3. The van der Waals surface area contributed by atoms with Gasteiger partial charge in [0.2, 0.25) is 5.88 Å². The Hall–Kier alpha value is -3.55. The van der Waals surface area contributed by atoms with Crippen LogP contribution in [0.3, 0.4) is 0 Å². The highest BCUT2D eigenvalue weighted by Gasteiger charge is 2.28. The molecule has 0 atom stereocenters. The third kappa shape index (κ3) is 4.58. The number of fused-ring (bicyclic) bond motifs is 2. The van der Waals surface area contributed by atoms with Gasteiger partial charge >= 0.3 is 6.09 Å². The Bertz CT molecular complexity index is 1240. The van der Waals surface area contributed by atoms with E-state index in [1.807, 2.05) is 57.2 Å². The summed E-state index contributed by atoms with van der Waals surface area (Å²) < 4.78 is 11.7. The number of H-pyrrole nitrogens is 1. The zero-order valence-electron chi connectivity index (χ0n) is 19.8. The first-order valence-electron chi connectivity index (χ1n) is 11.8. The van der Waals surface area contributed by atoms with E-state index in [0.29, 0.717) is 31.1 Å². The minimum Gasteiger partial charge on any atom is -0.474 e. The van der Waals surface area contributed by atoms with Crippen LogP contribution >= 0.6 is 0 Å². The smallest absolute Gasteiger partial charge is 0.410 e. The maximum atomic E-state index is 12.3. The number of aromatic amines is 1. The molecule has 3 aromatic rings. The minimum absolute atomic E-state index is 0.0164. The molecule has 2 N–H and O–H groups in total. The number of aromatic nitrogens is 2. The van der Waals surface area contributed by atoms with Crippen molar-refractivity contribution in [1.29, 1.82) is 0 Å². The molecule has 1 fully saturated rings. The second-order valence-electron chi connectivity index (χ2n) is 9.89. The van der Waals surface area contributed by atoms with Crippen LogP contribution in [0.5, 0.6) is 5.88 Å². The number of nitrogens with one attached hydrogen (secondary N) is 2. The molecule has 0 bridgehead atoms. The van der Waals surface area contributed by atoms with Crippen molar-refractivity contribution in [3.63, 3.8) is 0 Å². The van der Waals surface area contributed by atoms with E-state index >= 15 is 0 Å². The molecule has 2 aromatic heterocycles. The van der Waals surface area contributed by atoms with Crippen molar-refractivity contribution in [2.75, 3.05) is 19.6 Å². The number of likely N-dealkylation sites (tertiary alicyclic amines) is 1. The molecule has 4 heterocycles. The zero-order valence-corrected chi connectivity index (χ0v) is 19.8. The molecule has 2 aliphatic heterocycles. The van der Waals surface area contributed by atoms with Gasteiger partial charge in [-0.2, -0.15) is 0 Å². The summed E-state index contributed by atoms with van der Waals surface area (Å²) in [6.45, 7) is 7.44. The first-order chi connectivity index (χ1) is 16.3. The molecule has 0 saturated carbocycles. The topological polar surface area (TPSA) is 96.5 Å². The van der Waals surface area contributed by atoms with Crippen LogP contribution in [-0.2, 0) is 11.2 Å². The van der Waals surface area contributed by atoms with Crippen LogP contribution in [0.2, 0.25) is 0 Å². The molecular formula is C26H30N4O4. The summed E-state index contributed by atoms with van der Waals surface area (Å²) in [5.41, 5.74) is 3.79. The summed E-state index contributed by atoms with van der Waals surface area (Å²) in [5, 5.41) is 3.89. The number of carbonyl (C=O) groups excluding carboxylic acids is 2. The van der Waals surface area contributed by atoms with Crippen molar-refractivity contribution < 1.29 is 19.1 Å². The van der Waals surface area contributed by atoms with Crippen molar-refractivity contribution in [2.24, 2.45) is 0 Å². The van der Waals surface area contributed by atoms with E-state index in [-0.39, 0.29) is 18.1 Å². The van der Waals surface area contributed by atoms with Crippen molar-refractivity contribution >= 4 is 22.9 Å². The first-order valence-corrected chi connectivity index (χ1v) is 11.8. The van der Waals surface area contributed by atoms with Crippen LogP contribution in [0.15, 0.2) is 36.4 Å². The number of hydrogen-bond acceptors (Lipinski definition) is 5. The lowest BCUT2D eigenvalue weighted by molar-refractivity contribution is 0.0123. The summed E-state index contributed by atoms with van der Waals surface area (Å²) in [4.78, 5) is 34.5. The van der Waals surface area contributed by atoms with E-state index in [2.05, 4.69) is 10.3 Å². The second kappa shape index (κ2) is 8.66. The number of piperidine rings is 1. The SMILES string of the molecule is CC(C)(C)OC(=O)N1CCC(Oc2ccc3cccc(-c4cc5c([nH]4)CCNC5=O)c3n2)CC1. The number of ether oxygens (including phenoxy) is 2. The quantitative estimate of drug-likeness (QED) is 0.605. The summed E-state index contributed by atoms with van der Waals surface area (Å²) >= 11 is 0. The van der Waals surface area contributed by atoms with Gasteiger partial charge in [-0.1, -0.05) is 18.2 Å². The molecule has 34 heavy (non-hydrogen) atoms. The number of pyridine rings is 1. The summed E-state index contributed by atoms with van der Waals surface area (Å²) in [5.74, 6) is 0.517. The second-order valence-corrected chi connectivity index (χ2v) is 9.89. The molecule has 0 radical (unpaired) electrons. The molecule has 0 spiro atoms. The molecule has 2 amide bonds. The fourth-order valence-corrected chi connectivity index (χ4v) is 4.50. The van der Waals surface area contributed by atoms with Crippen molar-refractivity contribution in [2.45, 2.75) is 51.7 Å². The highest BCUT2D eigenvalue weighted by atomic mass is 16.6. The molecule has 1 aromatic carbocycles. The summed E-state index contributed by atoms with van der Waals surface area (Å²) in [7, 11) is 0. The highest BCUT2D eigenvalue weighted by Crippen LogP contribution is 2.31. The fraction of sp³-hybridized carbons (Fsp3) is 0.423. The van der Waals surface area contributed by atoms with Crippen molar-refractivity contribution in [1.82, 2.24) is 20.2 Å². The lowest BCUT2D eigenvalue weighted by Crippen LogP contribution is -2.44. The predicted molar refractivity (Wildman–Crippen MR) is 129 cm³/mol. The Kier molecular flexibility index (Phi) is 5.67. The van der Waals surface area contributed by atoms with Gasteiger partial charge in [0.25, 0.3) is 5.91 Å². The number of rotatable bonds is 3. The van der Waals surface area contributed by atoms with Crippen LogP contribution < -0.4 is 10.1 Å². The summed E-state index contributed by atoms with van der Waals surface area (Å²) in [6, 6.07) is 11.8. The Morgan fingerprint density at radius 3 is 2.65 bits per heavy atom. The van der Waals surface area contributed by atoms with Gasteiger partial charge in [-0.25, -0.2) is 9.78 Å². The summed E-state index contributed by atoms with van der Waals surface area (Å²) in [6.07, 6.45) is 1.94. The number of para-hydroxylation sites is 1. The Labute approximate surface area is 198 Å². The standard InChI is InChI=1S/C26H30N4O4/c1-26(2,3)34-25(32)30-13-10-17(11-14-30)33-22-8-7-16-5-4-6-18(23(16)29-22)21-15-19-20(28-21)9-12-27-24(19)31/h4-8,15,17,28H,9-14H2,1-3H3,(H,27,31). The minimum atomic E-state index is -0.501. The zero-order chi connectivity index (χ0) is 23.9. The Morgan fingerprint density at radius 2 is 1.91 bits per heavy atom. The van der Waals surface area contributed by atoms with Crippen LogP contribution in [0.1, 0.15) is 49.7 Å². The van der Waals surface area contributed by atoms with Gasteiger partial charge < -0.3 is 24.7 Å². The van der Waals surface area contributed by atoms with E-state index in [9.17, 15) is 9.59 Å². The van der Waals surface area contributed by atoms with Gasteiger partial charge in [0.1, 0.15) is 11.7 Å². The van der Waals surface area contributed by atoms with Gasteiger partial charge in [-0.15, -0.1) is 0 Å². The Morgan fingerprint density at radius 1 is 1.12 bits per heavy atom. The third-order valence-corrected chi connectivity index (χ3v) is 6.17. The molecule has 8 heteroatoms. The average Bonchev–Trinajstić information content (AvgIpc) is 3.23. The van der Waals surface area contributed by atoms with Crippen molar-refractivity contribution in [3.05, 3.63) is 47.7 Å². The Balaban J connectivity index is 1.32. The molecule has 1 saturated heterocycles. The number of nitrogens with zero attached hydrogens (tertiary/aromatic N) is 2. The molecular weight excluding hydrogens is 432 g/mol. The monoisotopic (exact) mass is 462 g/mol. The number of hydrogen-bond donors (Lipinski definition) is 2. The number of benzene rings is 1. The van der Waals surface area contributed by atoms with Gasteiger partial charge in [-0.05, 0) is 32.9 Å². The lowest BCUT2D eigenvalue weighted by Gasteiger charge is -2.33. The lowest BCUT2D eigenvalue weighted by atomic mass is 10.1.